The van der Waals surface area contributed by atoms with E-state index >= 15 is 0 Å². The lowest BCUT2D eigenvalue weighted by molar-refractivity contribution is 0.841. The Morgan fingerprint density at radius 1 is 0.714 bits per heavy atom. The molecule has 0 aliphatic rings. The molecule has 0 radical (unpaired) electrons. The van der Waals surface area contributed by atoms with Gasteiger partial charge in [-0.1, -0.05) is 43.0 Å². The minimum atomic E-state index is 1.13. The maximum atomic E-state index is 3.70. The Morgan fingerprint density at radius 2 is 1.29 bits per heavy atom. The highest BCUT2D eigenvalue weighted by atomic mass is 13.9. The van der Waals surface area contributed by atoms with E-state index < -0.39 is 0 Å². The van der Waals surface area contributed by atoms with Crippen molar-refractivity contribution in [1.82, 2.24) is 0 Å². The van der Waals surface area contributed by atoms with Crippen LogP contribution in [0.4, 0.5) is 0 Å². The number of hydrogen-bond acceptors (Lipinski definition) is 0. The maximum Gasteiger partial charge on any atom is -0.0345 e. The highest BCUT2D eigenvalue weighted by Gasteiger charge is 1.81. The molecule has 78 valence electrons. The zero-order valence-corrected chi connectivity index (χ0v) is 9.12. The van der Waals surface area contributed by atoms with E-state index in [0.29, 0.717) is 0 Å². The molecule has 0 saturated heterocycles. The third-order valence-corrected chi connectivity index (χ3v) is 1.96. The number of unbranched alkanes of at least 4 members (excludes halogenated alkanes) is 4. The molecule has 0 atom stereocenters. The SMILES string of the molecule is C=CC=CCCCC=CCCCC=C. The molecule has 0 aliphatic carbocycles. The zero-order valence-electron chi connectivity index (χ0n) is 9.12. The van der Waals surface area contributed by atoms with Crippen molar-refractivity contribution >= 4 is 0 Å². The Labute approximate surface area is 88.7 Å². The van der Waals surface area contributed by atoms with E-state index in [1.165, 1.54) is 25.7 Å². The minimum Gasteiger partial charge on any atom is -0.103 e. The molecule has 14 heavy (non-hydrogen) atoms. The second-order valence-corrected chi connectivity index (χ2v) is 3.29. The van der Waals surface area contributed by atoms with E-state index in [9.17, 15) is 0 Å². The average Bonchev–Trinajstić information content (AvgIpc) is 2.21. The first-order chi connectivity index (χ1) is 6.91. The Balaban J connectivity index is 3.14. The molecule has 0 heterocycles. The van der Waals surface area contributed by atoms with E-state index in [1.54, 1.807) is 0 Å². The summed E-state index contributed by atoms with van der Waals surface area (Å²) in [6.07, 6.45) is 19.7. The predicted octanol–water partition coefficient (Wildman–Crippen LogP) is 4.81. The molecule has 0 aromatic rings. The fourth-order valence-electron chi connectivity index (χ4n) is 1.16. The molecule has 0 N–H and O–H groups in total. The van der Waals surface area contributed by atoms with Gasteiger partial charge in [-0.3, -0.25) is 0 Å². The number of hydrogen-bond donors (Lipinski definition) is 0. The van der Waals surface area contributed by atoms with Gasteiger partial charge in [0, 0.05) is 0 Å². The summed E-state index contributed by atoms with van der Waals surface area (Å²) < 4.78 is 0. The molecule has 0 nitrogen and oxygen atoms in total. The van der Waals surface area contributed by atoms with Crippen LogP contribution in [-0.4, -0.2) is 0 Å². The van der Waals surface area contributed by atoms with Gasteiger partial charge in [-0.15, -0.1) is 6.58 Å². The first-order valence-electron chi connectivity index (χ1n) is 5.45. The zero-order chi connectivity index (χ0) is 10.5. The lowest BCUT2D eigenvalue weighted by Gasteiger charge is -1.91. The predicted molar refractivity (Wildman–Crippen MR) is 66.4 cm³/mol. The molecular weight excluding hydrogens is 168 g/mol. The van der Waals surface area contributed by atoms with E-state index in [2.05, 4.69) is 31.4 Å². The summed E-state index contributed by atoms with van der Waals surface area (Å²) in [5.41, 5.74) is 0. The van der Waals surface area contributed by atoms with Crippen LogP contribution in [0.3, 0.4) is 0 Å². The first-order valence-corrected chi connectivity index (χ1v) is 5.45. The van der Waals surface area contributed by atoms with Crippen LogP contribution < -0.4 is 0 Å². The van der Waals surface area contributed by atoms with E-state index in [0.717, 1.165) is 12.8 Å². The summed E-state index contributed by atoms with van der Waals surface area (Å²) >= 11 is 0. The van der Waals surface area contributed by atoms with Gasteiger partial charge in [0.25, 0.3) is 0 Å². The van der Waals surface area contributed by atoms with Crippen LogP contribution in [0.25, 0.3) is 0 Å². The summed E-state index contributed by atoms with van der Waals surface area (Å²) in [7, 11) is 0. The molecule has 0 aromatic heterocycles. The van der Waals surface area contributed by atoms with Crippen molar-refractivity contribution in [3.63, 3.8) is 0 Å². The normalized spacial score (nSPS) is 11.1. The first kappa shape index (κ1) is 13.0. The molecule has 0 amide bonds. The largest absolute Gasteiger partial charge is 0.103 e. The molecule has 0 saturated carbocycles. The van der Waals surface area contributed by atoms with Crippen molar-refractivity contribution < 1.29 is 0 Å². The molecular formula is C14H22. The second kappa shape index (κ2) is 12.0. The van der Waals surface area contributed by atoms with Gasteiger partial charge in [-0.2, -0.15) is 0 Å². The smallest absolute Gasteiger partial charge is 0.0345 e. The van der Waals surface area contributed by atoms with Crippen LogP contribution in [0.5, 0.6) is 0 Å². The third-order valence-electron chi connectivity index (χ3n) is 1.96. The average molecular weight is 190 g/mol. The molecule has 0 aliphatic heterocycles. The topological polar surface area (TPSA) is 0 Å². The van der Waals surface area contributed by atoms with Crippen LogP contribution in [0.2, 0.25) is 0 Å². The molecule has 0 bridgehead atoms. The van der Waals surface area contributed by atoms with Gasteiger partial charge in [-0.05, 0) is 38.5 Å². The molecule has 0 heteroatoms. The van der Waals surface area contributed by atoms with Crippen LogP contribution >= 0.6 is 0 Å². The molecule has 0 rings (SSSR count). The summed E-state index contributed by atoms with van der Waals surface area (Å²) in [5, 5.41) is 0. The highest BCUT2D eigenvalue weighted by molar-refractivity contribution is 4.97. The van der Waals surface area contributed by atoms with Crippen molar-refractivity contribution in [2.24, 2.45) is 0 Å². The Kier molecular flexibility index (Phi) is 11.1. The van der Waals surface area contributed by atoms with Crippen molar-refractivity contribution in [2.75, 3.05) is 0 Å². The lowest BCUT2D eigenvalue weighted by atomic mass is 10.2. The lowest BCUT2D eigenvalue weighted by Crippen LogP contribution is -1.71. The second-order valence-electron chi connectivity index (χ2n) is 3.29. The van der Waals surface area contributed by atoms with E-state index in [4.69, 9.17) is 0 Å². The Bertz CT molecular complexity index is 184. The molecule has 0 aromatic carbocycles. The fourth-order valence-corrected chi connectivity index (χ4v) is 1.16. The number of allylic oxidation sites excluding steroid dienone is 6. The third kappa shape index (κ3) is 11.0. The van der Waals surface area contributed by atoms with Gasteiger partial charge in [-0.25, -0.2) is 0 Å². The van der Waals surface area contributed by atoms with Crippen molar-refractivity contribution in [2.45, 2.75) is 38.5 Å². The fraction of sp³-hybridized carbons (Fsp3) is 0.429. The summed E-state index contributed by atoms with van der Waals surface area (Å²) in [4.78, 5) is 0. The Hall–Kier alpha value is -1.04. The van der Waals surface area contributed by atoms with Crippen molar-refractivity contribution in [1.29, 1.82) is 0 Å². The molecule has 0 unspecified atom stereocenters. The van der Waals surface area contributed by atoms with Gasteiger partial charge in [0.1, 0.15) is 0 Å². The summed E-state index contributed by atoms with van der Waals surface area (Å²) in [6, 6.07) is 0. The van der Waals surface area contributed by atoms with Crippen LogP contribution in [0.1, 0.15) is 38.5 Å². The summed E-state index contributed by atoms with van der Waals surface area (Å²) in [6.45, 7) is 7.32. The minimum absolute atomic E-state index is 1.13. The van der Waals surface area contributed by atoms with Crippen LogP contribution in [0, 0.1) is 0 Å². The quantitative estimate of drug-likeness (QED) is 0.278. The summed E-state index contributed by atoms with van der Waals surface area (Å²) in [5.74, 6) is 0. The number of rotatable bonds is 9. The van der Waals surface area contributed by atoms with E-state index in [1.807, 2.05) is 18.2 Å². The van der Waals surface area contributed by atoms with Crippen LogP contribution in [-0.2, 0) is 0 Å². The van der Waals surface area contributed by atoms with Crippen molar-refractivity contribution in [3.05, 3.63) is 49.6 Å². The van der Waals surface area contributed by atoms with Gasteiger partial charge in [0.15, 0.2) is 0 Å². The van der Waals surface area contributed by atoms with Gasteiger partial charge >= 0.3 is 0 Å². The molecule has 0 fully saturated rings. The van der Waals surface area contributed by atoms with E-state index in [-0.39, 0.29) is 0 Å². The van der Waals surface area contributed by atoms with Gasteiger partial charge in [0.2, 0.25) is 0 Å². The van der Waals surface area contributed by atoms with Crippen molar-refractivity contribution in [3.8, 4) is 0 Å². The standard InChI is InChI=1S/C14H22/c1-3-5-7-9-11-13-14-12-10-8-6-4-2/h3-5,7,12,14H,1-2,6,8-11,13H2. The van der Waals surface area contributed by atoms with Gasteiger partial charge < -0.3 is 0 Å². The maximum absolute atomic E-state index is 3.70. The Morgan fingerprint density at radius 3 is 1.86 bits per heavy atom. The highest BCUT2D eigenvalue weighted by Crippen LogP contribution is 2.01. The molecule has 0 spiro atoms. The monoisotopic (exact) mass is 190 g/mol. The van der Waals surface area contributed by atoms with Gasteiger partial charge in [0.05, 0.1) is 0 Å². The van der Waals surface area contributed by atoms with Crippen LogP contribution in [0.15, 0.2) is 49.6 Å².